The second-order valence-corrected chi connectivity index (χ2v) is 12.4. The molecular weight excluding hydrogens is 661 g/mol. The lowest BCUT2D eigenvalue weighted by molar-refractivity contribution is -0.113. The van der Waals surface area contributed by atoms with Gasteiger partial charge in [0.05, 0.1) is 17.2 Å². The monoisotopic (exact) mass is 687 g/mol. The second kappa shape index (κ2) is 13.0. The number of halogens is 3. The van der Waals surface area contributed by atoms with Crippen LogP contribution in [0.1, 0.15) is 36.6 Å². The number of hydrogen-bond donors (Lipinski definition) is 2. The number of carbonyl (C=O) groups excluding carboxylic acids is 1. The number of amides is 1. The fourth-order valence-corrected chi connectivity index (χ4v) is 6.33. The summed E-state index contributed by atoms with van der Waals surface area (Å²) in [5, 5.41) is 12.7. The minimum absolute atomic E-state index is 0.133. The number of ether oxygens (including phenoxy) is 2. The zero-order valence-electron chi connectivity index (χ0n) is 23.3. The molecule has 2 heterocycles. The Balaban J connectivity index is 1.56. The summed E-state index contributed by atoms with van der Waals surface area (Å²) in [5.41, 5.74) is 4.31. The molecule has 1 amide bonds. The van der Waals surface area contributed by atoms with Gasteiger partial charge in [0.15, 0.2) is 11.5 Å². The fourth-order valence-electron chi connectivity index (χ4n) is 4.70. The first kappa shape index (κ1) is 30.3. The van der Waals surface area contributed by atoms with Crippen molar-refractivity contribution in [1.82, 2.24) is 14.8 Å². The molecular formula is C30H28BrCl2N5O3S. The third kappa shape index (κ3) is 6.27. The van der Waals surface area contributed by atoms with E-state index in [-0.39, 0.29) is 12.5 Å². The van der Waals surface area contributed by atoms with Gasteiger partial charge in [0.25, 0.3) is 5.91 Å². The number of nitrogens with zero attached hydrogens (tertiary/aromatic N) is 3. The SMILES string of the molecule is CCSc1nc2n(n1)C(c1cc(Br)c(OCc3c(Cl)cccc3Cl)c(OC)c1)C(C(=O)Nc1cccc(C)c1)=C(C)N2. The lowest BCUT2D eigenvalue weighted by Crippen LogP contribution is -2.31. The molecule has 0 spiro atoms. The van der Waals surface area contributed by atoms with Crippen LogP contribution >= 0.6 is 50.9 Å². The molecule has 4 aromatic rings. The van der Waals surface area contributed by atoms with E-state index >= 15 is 0 Å². The molecule has 1 aliphatic rings. The molecule has 1 atom stereocenters. The molecule has 0 saturated heterocycles. The molecule has 2 N–H and O–H groups in total. The summed E-state index contributed by atoms with van der Waals surface area (Å²) >= 11 is 17.9. The Morgan fingerprint density at radius 3 is 2.57 bits per heavy atom. The molecule has 0 bridgehead atoms. The van der Waals surface area contributed by atoms with Gasteiger partial charge in [-0.2, -0.15) is 4.98 Å². The van der Waals surface area contributed by atoms with Crippen LogP contribution in [0.3, 0.4) is 0 Å². The fraction of sp³-hybridized carbons (Fsp3) is 0.233. The van der Waals surface area contributed by atoms with Crippen molar-refractivity contribution < 1.29 is 14.3 Å². The second-order valence-electron chi connectivity index (χ2n) is 9.51. The quantitative estimate of drug-likeness (QED) is 0.171. The Labute approximate surface area is 266 Å². The number of benzene rings is 3. The standard InChI is InChI=1S/C30H28BrCl2N5O3S/c1-5-42-30-36-29-34-17(3)25(28(39)35-19-9-6-8-16(2)12-19)26(38(29)37-30)18-13-21(31)27(24(14-18)40-4)41-15-20-22(32)10-7-11-23(20)33/h6-14,26H,5,15H2,1-4H3,(H,35,39)(H,34,36,37). The van der Waals surface area contributed by atoms with Gasteiger partial charge in [-0.3, -0.25) is 4.79 Å². The molecule has 0 radical (unpaired) electrons. The third-order valence-electron chi connectivity index (χ3n) is 6.62. The predicted octanol–water partition coefficient (Wildman–Crippen LogP) is 8.28. The molecule has 0 aliphatic carbocycles. The van der Waals surface area contributed by atoms with Gasteiger partial charge in [0.2, 0.25) is 11.1 Å². The molecule has 0 saturated carbocycles. The van der Waals surface area contributed by atoms with Gasteiger partial charge < -0.3 is 20.1 Å². The normalized spacial score (nSPS) is 14.3. The maximum absolute atomic E-state index is 13.9. The Morgan fingerprint density at radius 1 is 1.14 bits per heavy atom. The molecule has 0 fully saturated rings. The molecule has 1 unspecified atom stereocenters. The van der Waals surface area contributed by atoms with Crippen molar-refractivity contribution in [3.05, 3.63) is 97.1 Å². The molecule has 8 nitrogen and oxygen atoms in total. The number of thioether (sulfide) groups is 1. The van der Waals surface area contributed by atoms with E-state index < -0.39 is 6.04 Å². The van der Waals surface area contributed by atoms with E-state index in [4.69, 9.17) is 37.8 Å². The largest absolute Gasteiger partial charge is 0.493 e. The van der Waals surface area contributed by atoms with Crippen molar-refractivity contribution >= 4 is 68.4 Å². The van der Waals surface area contributed by atoms with E-state index in [0.29, 0.717) is 59.6 Å². The van der Waals surface area contributed by atoms with Gasteiger partial charge in [0.1, 0.15) is 12.6 Å². The van der Waals surface area contributed by atoms with E-state index in [1.54, 1.807) is 30.0 Å². The van der Waals surface area contributed by atoms with Crippen LogP contribution in [-0.2, 0) is 11.4 Å². The summed E-state index contributed by atoms with van der Waals surface area (Å²) < 4.78 is 14.3. The summed E-state index contributed by atoms with van der Waals surface area (Å²) in [6.07, 6.45) is 0. The maximum Gasteiger partial charge on any atom is 0.255 e. The van der Waals surface area contributed by atoms with Crippen LogP contribution in [0, 0.1) is 6.92 Å². The number of anilines is 2. The van der Waals surface area contributed by atoms with Crippen molar-refractivity contribution in [3.63, 3.8) is 0 Å². The highest BCUT2D eigenvalue weighted by atomic mass is 79.9. The van der Waals surface area contributed by atoms with Crippen LogP contribution in [0.4, 0.5) is 11.6 Å². The summed E-state index contributed by atoms with van der Waals surface area (Å²) in [4.78, 5) is 18.5. The Hall–Kier alpha value is -3.18. The number of carbonyl (C=O) groups is 1. The average Bonchev–Trinajstić information content (AvgIpc) is 3.34. The highest BCUT2D eigenvalue weighted by molar-refractivity contribution is 9.10. The van der Waals surface area contributed by atoms with Crippen LogP contribution in [-0.4, -0.2) is 33.5 Å². The first-order chi connectivity index (χ1) is 20.2. The van der Waals surface area contributed by atoms with Gasteiger partial charge in [0, 0.05) is 27.0 Å². The van der Waals surface area contributed by atoms with Crippen molar-refractivity contribution in [2.75, 3.05) is 23.5 Å². The van der Waals surface area contributed by atoms with E-state index in [2.05, 4.69) is 31.5 Å². The first-order valence-electron chi connectivity index (χ1n) is 13.1. The van der Waals surface area contributed by atoms with Gasteiger partial charge >= 0.3 is 0 Å². The number of fused-ring (bicyclic) bond motifs is 1. The van der Waals surface area contributed by atoms with Gasteiger partial charge in [-0.25, -0.2) is 4.68 Å². The van der Waals surface area contributed by atoms with Crippen LogP contribution < -0.4 is 20.1 Å². The first-order valence-corrected chi connectivity index (χ1v) is 15.6. The number of allylic oxidation sites excluding steroid dienone is 1. The van der Waals surface area contributed by atoms with E-state index in [9.17, 15) is 4.79 Å². The number of rotatable bonds is 9. The molecule has 42 heavy (non-hydrogen) atoms. The lowest BCUT2D eigenvalue weighted by Gasteiger charge is -2.29. The minimum Gasteiger partial charge on any atom is -0.493 e. The molecule has 3 aromatic carbocycles. The highest BCUT2D eigenvalue weighted by Crippen LogP contribution is 2.44. The van der Waals surface area contributed by atoms with E-state index in [1.807, 2.05) is 57.2 Å². The molecule has 5 rings (SSSR count). The summed E-state index contributed by atoms with van der Waals surface area (Å²) in [7, 11) is 1.56. The number of methoxy groups -OCH3 is 1. The van der Waals surface area contributed by atoms with Crippen molar-refractivity contribution in [2.24, 2.45) is 0 Å². The Kier molecular flexibility index (Phi) is 9.37. The van der Waals surface area contributed by atoms with Crippen LogP contribution in [0.15, 0.2) is 75.5 Å². The van der Waals surface area contributed by atoms with Gasteiger partial charge in [-0.05, 0) is 83.1 Å². The zero-order chi connectivity index (χ0) is 30.0. The topological polar surface area (TPSA) is 90.3 Å². The number of aryl methyl sites for hydroxylation is 1. The molecule has 218 valence electrons. The average molecular weight is 689 g/mol. The molecule has 1 aliphatic heterocycles. The van der Waals surface area contributed by atoms with Crippen LogP contribution in [0.25, 0.3) is 0 Å². The predicted molar refractivity (Wildman–Crippen MR) is 172 cm³/mol. The smallest absolute Gasteiger partial charge is 0.255 e. The summed E-state index contributed by atoms with van der Waals surface area (Å²) in [6.45, 7) is 6.01. The number of aromatic nitrogens is 3. The lowest BCUT2D eigenvalue weighted by atomic mass is 9.94. The van der Waals surface area contributed by atoms with E-state index in [0.717, 1.165) is 16.9 Å². The number of nitrogens with one attached hydrogen (secondary N) is 2. The maximum atomic E-state index is 13.9. The van der Waals surface area contributed by atoms with Gasteiger partial charge in [-0.1, -0.05) is 60.1 Å². The van der Waals surface area contributed by atoms with Crippen molar-refractivity contribution in [3.8, 4) is 11.5 Å². The third-order valence-corrected chi connectivity index (χ3v) is 8.63. The van der Waals surface area contributed by atoms with Gasteiger partial charge in [-0.15, -0.1) is 5.10 Å². The minimum atomic E-state index is -0.609. The molecule has 12 heteroatoms. The van der Waals surface area contributed by atoms with E-state index in [1.165, 1.54) is 11.8 Å². The summed E-state index contributed by atoms with van der Waals surface area (Å²) in [5.74, 6) is 2.03. The van der Waals surface area contributed by atoms with Crippen molar-refractivity contribution in [1.29, 1.82) is 0 Å². The van der Waals surface area contributed by atoms with Crippen molar-refractivity contribution in [2.45, 2.75) is 38.6 Å². The van der Waals surface area contributed by atoms with Crippen LogP contribution in [0.5, 0.6) is 11.5 Å². The molecule has 1 aromatic heterocycles. The zero-order valence-corrected chi connectivity index (χ0v) is 27.2. The summed E-state index contributed by atoms with van der Waals surface area (Å²) in [6, 6.07) is 16.1. The van der Waals surface area contributed by atoms with Crippen LogP contribution in [0.2, 0.25) is 10.0 Å². The highest BCUT2D eigenvalue weighted by Gasteiger charge is 2.35. The Morgan fingerprint density at radius 2 is 1.88 bits per heavy atom. The Bertz CT molecular complexity index is 1670. The number of hydrogen-bond acceptors (Lipinski definition) is 7.